The highest BCUT2D eigenvalue weighted by Gasteiger charge is 2.37. The number of piperidine rings is 1. The second-order valence-electron chi connectivity index (χ2n) is 9.81. The van der Waals surface area contributed by atoms with Crippen molar-refractivity contribution in [2.45, 2.75) is 55.6 Å². The maximum Gasteiger partial charge on any atom is 0.573 e. The standard InChI is InChI=1S/C28H30F3N3O4S/c1-2-3-6-18-9-14-25-22(15-18)21-7-4-5-8-24(21)34(25)26-17-32-16-23(27(26)35)33-39(36,37)20-12-10-19(11-13-20)38-28(29,30)31/h4-5,7-15,23,26-27,32-33,35H,2-3,6,16-17H2,1H3/t23-,26+,27+/m1/s1. The minimum Gasteiger partial charge on any atom is -0.406 e. The Morgan fingerprint density at radius 1 is 1.03 bits per heavy atom. The van der Waals surface area contributed by atoms with Crippen molar-refractivity contribution in [1.29, 1.82) is 0 Å². The van der Waals surface area contributed by atoms with Gasteiger partial charge in [0.15, 0.2) is 0 Å². The monoisotopic (exact) mass is 561 g/mol. The van der Waals surface area contributed by atoms with Crippen molar-refractivity contribution in [3.8, 4) is 5.75 Å². The Morgan fingerprint density at radius 2 is 1.74 bits per heavy atom. The molecule has 1 fully saturated rings. The van der Waals surface area contributed by atoms with Crippen molar-refractivity contribution in [2.24, 2.45) is 0 Å². The van der Waals surface area contributed by atoms with Gasteiger partial charge in [0.1, 0.15) is 5.75 Å². The second-order valence-corrected chi connectivity index (χ2v) is 11.5. The predicted octanol–water partition coefficient (Wildman–Crippen LogP) is 4.89. The molecule has 0 unspecified atom stereocenters. The molecule has 7 nitrogen and oxygen atoms in total. The van der Waals surface area contributed by atoms with Gasteiger partial charge in [0.25, 0.3) is 0 Å². The van der Waals surface area contributed by atoms with Gasteiger partial charge in [-0.05, 0) is 60.9 Å². The number of rotatable bonds is 8. The van der Waals surface area contributed by atoms with Crippen LogP contribution in [0, 0.1) is 0 Å². The van der Waals surface area contributed by atoms with Gasteiger partial charge in [0.2, 0.25) is 10.0 Å². The maximum absolute atomic E-state index is 13.1. The second kappa shape index (κ2) is 10.8. The van der Waals surface area contributed by atoms with Crippen molar-refractivity contribution >= 4 is 31.8 Å². The summed E-state index contributed by atoms with van der Waals surface area (Å²) in [6, 6.07) is 16.9. The van der Waals surface area contributed by atoms with Crippen LogP contribution in [-0.2, 0) is 16.4 Å². The van der Waals surface area contributed by atoms with E-state index in [2.05, 4.69) is 44.5 Å². The summed E-state index contributed by atoms with van der Waals surface area (Å²) in [6.07, 6.45) is -2.78. The molecule has 0 aliphatic carbocycles. The lowest BCUT2D eigenvalue weighted by Gasteiger charge is -2.37. The molecule has 1 aliphatic heterocycles. The lowest BCUT2D eigenvalue weighted by molar-refractivity contribution is -0.274. The Morgan fingerprint density at radius 3 is 2.46 bits per heavy atom. The zero-order chi connectivity index (χ0) is 27.8. The summed E-state index contributed by atoms with van der Waals surface area (Å²) in [4.78, 5) is -0.233. The molecule has 4 aromatic rings. The molecule has 3 atom stereocenters. The molecule has 5 rings (SSSR count). The summed E-state index contributed by atoms with van der Waals surface area (Å²) in [5.74, 6) is -0.523. The van der Waals surface area contributed by atoms with Crippen LogP contribution in [0.3, 0.4) is 0 Å². The molecule has 0 spiro atoms. The number of fused-ring (bicyclic) bond motifs is 3. The number of hydrogen-bond donors (Lipinski definition) is 3. The molecule has 39 heavy (non-hydrogen) atoms. The smallest absolute Gasteiger partial charge is 0.406 e. The third kappa shape index (κ3) is 5.76. The fraction of sp³-hybridized carbons (Fsp3) is 0.357. The van der Waals surface area contributed by atoms with E-state index < -0.39 is 40.3 Å². The third-order valence-corrected chi connectivity index (χ3v) is 8.63. The molecule has 208 valence electrons. The molecule has 3 aromatic carbocycles. The van der Waals surface area contributed by atoms with Crippen molar-refractivity contribution in [3.05, 3.63) is 72.3 Å². The largest absolute Gasteiger partial charge is 0.573 e. The van der Waals surface area contributed by atoms with E-state index in [9.17, 15) is 26.7 Å². The molecule has 1 aromatic heterocycles. The predicted molar refractivity (Wildman–Crippen MR) is 143 cm³/mol. The first-order chi connectivity index (χ1) is 18.6. The fourth-order valence-corrected chi connectivity index (χ4v) is 6.54. The zero-order valence-corrected chi connectivity index (χ0v) is 22.1. The number of nitrogens with zero attached hydrogens (tertiary/aromatic N) is 1. The van der Waals surface area contributed by atoms with E-state index in [0.29, 0.717) is 6.54 Å². The number of aryl methyl sites for hydroxylation is 1. The van der Waals surface area contributed by atoms with Crippen LogP contribution in [0.2, 0.25) is 0 Å². The lowest BCUT2D eigenvalue weighted by Crippen LogP contribution is -2.58. The molecule has 1 aliphatic rings. The number of aliphatic hydroxyl groups is 1. The summed E-state index contributed by atoms with van der Waals surface area (Å²) in [5.41, 5.74) is 3.13. The van der Waals surface area contributed by atoms with E-state index in [1.54, 1.807) is 0 Å². The number of para-hydroxylation sites is 1. The number of aliphatic hydroxyl groups excluding tert-OH is 1. The van der Waals surface area contributed by atoms with E-state index in [0.717, 1.165) is 65.3 Å². The van der Waals surface area contributed by atoms with Crippen LogP contribution in [-0.4, -0.2) is 49.7 Å². The molecule has 0 bridgehead atoms. The van der Waals surface area contributed by atoms with Crippen LogP contribution in [0.4, 0.5) is 13.2 Å². The summed E-state index contributed by atoms with van der Waals surface area (Å²) < 4.78 is 71.9. The molecular weight excluding hydrogens is 531 g/mol. The minimum absolute atomic E-state index is 0.185. The van der Waals surface area contributed by atoms with Gasteiger partial charge in [-0.1, -0.05) is 37.6 Å². The number of alkyl halides is 3. The summed E-state index contributed by atoms with van der Waals surface area (Å²) in [5, 5.41) is 16.8. The highest BCUT2D eigenvalue weighted by Crippen LogP contribution is 2.35. The van der Waals surface area contributed by atoms with E-state index in [-0.39, 0.29) is 11.4 Å². The van der Waals surface area contributed by atoms with Gasteiger partial charge in [-0.15, -0.1) is 13.2 Å². The van der Waals surface area contributed by atoms with E-state index in [1.165, 1.54) is 5.56 Å². The molecule has 3 N–H and O–H groups in total. The van der Waals surface area contributed by atoms with E-state index in [4.69, 9.17) is 0 Å². The van der Waals surface area contributed by atoms with Crippen LogP contribution in [0.15, 0.2) is 71.6 Å². The molecule has 2 heterocycles. The summed E-state index contributed by atoms with van der Waals surface area (Å²) in [7, 11) is -4.14. The first kappa shape index (κ1) is 27.4. The van der Waals surface area contributed by atoms with Crippen LogP contribution in [0.1, 0.15) is 31.4 Å². The number of unbranched alkanes of at least 4 members (excludes halogenated alkanes) is 1. The van der Waals surface area contributed by atoms with Crippen LogP contribution in [0.5, 0.6) is 5.75 Å². The Kier molecular flexibility index (Phi) is 7.60. The fourth-order valence-electron chi connectivity index (χ4n) is 5.28. The summed E-state index contributed by atoms with van der Waals surface area (Å²) >= 11 is 0. The van der Waals surface area contributed by atoms with Crippen LogP contribution in [0.25, 0.3) is 21.8 Å². The molecular formula is C28H30F3N3O4S. The van der Waals surface area contributed by atoms with Gasteiger partial charge >= 0.3 is 6.36 Å². The van der Waals surface area contributed by atoms with Crippen LogP contribution >= 0.6 is 0 Å². The lowest BCUT2D eigenvalue weighted by atomic mass is 9.99. The normalized spacial score (nSPS) is 20.5. The molecule has 0 saturated carbocycles. The molecule has 11 heteroatoms. The number of benzene rings is 3. The average molecular weight is 562 g/mol. The highest BCUT2D eigenvalue weighted by molar-refractivity contribution is 7.89. The maximum atomic E-state index is 13.1. The zero-order valence-electron chi connectivity index (χ0n) is 21.3. The van der Waals surface area contributed by atoms with Crippen molar-refractivity contribution in [3.63, 3.8) is 0 Å². The van der Waals surface area contributed by atoms with Crippen molar-refractivity contribution in [1.82, 2.24) is 14.6 Å². The first-order valence-electron chi connectivity index (χ1n) is 12.9. The highest BCUT2D eigenvalue weighted by atomic mass is 32.2. The Hall–Kier alpha value is -3.12. The van der Waals surface area contributed by atoms with Gasteiger partial charge in [-0.3, -0.25) is 0 Å². The van der Waals surface area contributed by atoms with Gasteiger partial charge in [-0.25, -0.2) is 13.1 Å². The van der Waals surface area contributed by atoms with E-state index in [1.807, 2.05) is 24.3 Å². The number of aromatic nitrogens is 1. The number of halogens is 3. The van der Waals surface area contributed by atoms with E-state index >= 15 is 0 Å². The Labute approximate surface area is 224 Å². The third-order valence-electron chi connectivity index (χ3n) is 7.12. The molecule has 0 amide bonds. The van der Waals surface area contributed by atoms with Crippen molar-refractivity contribution in [2.75, 3.05) is 13.1 Å². The quantitative estimate of drug-likeness (QED) is 0.285. The van der Waals surface area contributed by atoms with Gasteiger partial charge in [0.05, 0.1) is 23.1 Å². The Bertz CT molecular complexity index is 1570. The number of hydrogen-bond acceptors (Lipinski definition) is 5. The SMILES string of the molecule is CCCCc1ccc2c(c1)c1ccccc1n2[C@H]1CNC[C@@H](NS(=O)(=O)c2ccc(OC(F)(F)F)cc2)[C@@H]1O. The van der Waals surface area contributed by atoms with Gasteiger partial charge in [-0.2, -0.15) is 0 Å². The summed E-state index contributed by atoms with van der Waals surface area (Å²) in [6.45, 7) is 2.77. The molecule has 0 radical (unpaired) electrons. The minimum atomic E-state index is -4.88. The van der Waals surface area contributed by atoms with Gasteiger partial charge in [0, 0.05) is 34.9 Å². The average Bonchev–Trinajstić information content (AvgIpc) is 3.21. The first-order valence-corrected chi connectivity index (χ1v) is 14.3. The number of sulfonamides is 1. The van der Waals surface area contributed by atoms with Crippen LogP contribution < -0.4 is 14.8 Å². The topological polar surface area (TPSA) is 92.6 Å². The number of nitrogens with one attached hydrogen (secondary N) is 2. The van der Waals surface area contributed by atoms with Gasteiger partial charge < -0.3 is 19.7 Å². The Balaban J connectivity index is 1.43. The van der Waals surface area contributed by atoms with Crippen molar-refractivity contribution < 1.29 is 31.4 Å². The molecule has 1 saturated heterocycles. The number of ether oxygens (including phenoxy) is 1.